The zero-order chi connectivity index (χ0) is 24.5. The van der Waals surface area contributed by atoms with E-state index in [0.29, 0.717) is 36.7 Å². The van der Waals surface area contributed by atoms with Crippen molar-refractivity contribution in [2.75, 3.05) is 20.2 Å². The smallest absolute Gasteiger partial charge is 0.248 e. The maximum atomic E-state index is 13.4. The molecule has 0 aliphatic carbocycles. The number of methoxy groups -OCH3 is 1. The number of aromatic nitrogens is 3. The lowest BCUT2D eigenvalue weighted by Gasteiger charge is -2.32. The van der Waals surface area contributed by atoms with Gasteiger partial charge in [-0.05, 0) is 44.4 Å². The van der Waals surface area contributed by atoms with Crippen molar-refractivity contribution in [1.29, 1.82) is 0 Å². The molecule has 0 spiro atoms. The van der Waals surface area contributed by atoms with E-state index in [1.807, 2.05) is 42.1 Å². The summed E-state index contributed by atoms with van der Waals surface area (Å²) in [6, 6.07) is 6.93. The minimum Gasteiger partial charge on any atom is -0.497 e. The number of carbonyl (C=O) groups is 1. The van der Waals surface area contributed by atoms with Crippen LogP contribution in [0.3, 0.4) is 0 Å². The number of benzene rings is 1. The van der Waals surface area contributed by atoms with Gasteiger partial charge in [0, 0.05) is 32.5 Å². The van der Waals surface area contributed by atoms with Gasteiger partial charge in [-0.2, -0.15) is 4.31 Å². The fourth-order valence-corrected chi connectivity index (χ4v) is 6.17. The average molecular weight is 488 g/mol. The van der Waals surface area contributed by atoms with E-state index >= 15 is 0 Å². The van der Waals surface area contributed by atoms with Crippen LogP contribution in [0.5, 0.6) is 5.75 Å². The number of aryl methyl sites for hydroxylation is 3. The van der Waals surface area contributed by atoms with E-state index in [4.69, 9.17) is 9.26 Å². The van der Waals surface area contributed by atoms with Crippen LogP contribution in [0.4, 0.5) is 0 Å². The summed E-state index contributed by atoms with van der Waals surface area (Å²) in [4.78, 5) is 17.9. The summed E-state index contributed by atoms with van der Waals surface area (Å²) in [5.41, 5.74) is 1.16. The van der Waals surface area contributed by atoms with Gasteiger partial charge in [0.15, 0.2) is 5.76 Å². The van der Waals surface area contributed by atoms with Crippen LogP contribution in [0, 0.1) is 19.8 Å². The molecule has 2 aromatic heterocycles. The molecule has 0 bridgehead atoms. The largest absolute Gasteiger partial charge is 0.497 e. The molecule has 182 valence electrons. The van der Waals surface area contributed by atoms with Crippen molar-refractivity contribution >= 4 is 15.9 Å². The number of hydrogen-bond acceptors (Lipinski definition) is 7. The first kappa shape index (κ1) is 24.0. The Labute approximate surface area is 199 Å². The molecule has 1 amide bonds. The third kappa shape index (κ3) is 4.58. The first-order valence-electron chi connectivity index (χ1n) is 11.1. The third-order valence-corrected chi connectivity index (χ3v) is 8.28. The highest BCUT2D eigenvalue weighted by molar-refractivity contribution is 7.89. The lowest BCUT2D eigenvalue weighted by molar-refractivity contribution is -0.126. The molecule has 1 aliphatic rings. The Morgan fingerprint density at radius 2 is 2.00 bits per heavy atom. The maximum absolute atomic E-state index is 13.4. The van der Waals surface area contributed by atoms with E-state index in [0.717, 1.165) is 5.56 Å². The number of rotatable bonds is 7. The van der Waals surface area contributed by atoms with Gasteiger partial charge < -0.3 is 19.1 Å². The lowest BCUT2D eigenvalue weighted by atomic mass is 9.97. The molecule has 11 heteroatoms. The van der Waals surface area contributed by atoms with Crippen LogP contribution >= 0.6 is 0 Å². The minimum absolute atomic E-state index is 0.0812. The van der Waals surface area contributed by atoms with Crippen molar-refractivity contribution in [3.63, 3.8) is 0 Å². The molecule has 2 atom stereocenters. The van der Waals surface area contributed by atoms with Gasteiger partial charge in [0.25, 0.3) is 0 Å². The molecule has 1 fully saturated rings. The van der Waals surface area contributed by atoms with E-state index in [2.05, 4.69) is 15.5 Å². The maximum Gasteiger partial charge on any atom is 0.248 e. The molecule has 4 rings (SSSR count). The highest BCUT2D eigenvalue weighted by Gasteiger charge is 2.37. The zero-order valence-electron chi connectivity index (χ0n) is 19.7. The predicted molar refractivity (Wildman–Crippen MR) is 124 cm³/mol. The first-order chi connectivity index (χ1) is 16.2. The molecule has 1 aliphatic heterocycles. The Morgan fingerprint density at radius 1 is 1.26 bits per heavy atom. The van der Waals surface area contributed by atoms with Gasteiger partial charge in [-0.1, -0.05) is 17.3 Å². The molecule has 10 nitrogen and oxygen atoms in total. The second-order valence-corrected chi connectivity index (χ2v) is 10.3. The second kappa shape index (κ2) is 9.59. The summed E-state index contributed by atoms with van der Waals surface area (Å²) in [7, 11) is -0.358. The number of imidazole rings is 1. The standard InChI is InChI=1S/C23H29N5O5S/c1-15-21(16(2)33-26-15)34(30,31)28-12-5-6-18(14-28)23(29)25-20(22-24-11-13-27(22)3)17-7-9-19(32-4)10-8-17/h7-11,13,18,20H,5-6,12,14H2,1-4H3,(H,25,29)/t18-,20-/m1/s1. The summed E-state index contributed by atoms with van der Waals surface area (Å²) < 4.78 is 40.0. The first-order valence-corrected chi connectivity index (χ1v) is 12.5. The van der Waals surface area contributed by atoms with Crippen molar-refractivity contribution in [2.24, 2.45) is 13.0 Å². The molecule has 0 saturated carbocycles. The van der Waals surface area contributed by atoms with Crippen LogP contribution in [-0.4, -0.2) is 53.5 Å². The predicted octanol–water partition coefficient (Wildman–Crippen LogP) is 2.34. The molecule has 34 heavy (non-hydrogen) atoms. The number of ether oxygens (including phenoxy) is 1. The highest BCUT2D eigenvalue weighted by Crippen LogP contribution is 2.29. The number of piperidine rings is 1. The molecule has 0 unspecified atom stereocenters. The quantitative estimate of drug-likeness (QED) is 0.543. The molecular weight excluding hydrogens is 458 g/mol. The fraction of sp³-hybridized carbons (Fsp3) is 0.435. The van der Waals surface area contributed by atoms with Crippen LogP contribution in [0.2, 0.25) is 0 Å². The Kier molecular flexibility index (Phi) is 6.76. The Hall–Kier alpha value is -3.18. The number of amides is 1. The van der Waals surface area contributed by atoms with E-state index in [9.17, 15) is 13.2 Å². The van der Waals surface area contributed by atoms with Crippen LogP contribution < -0.4 is 10.1 Å². The monoisotopic (exact) mass is 487 g/mol. The normalized spacial score (nSPS) is 17.9. The summed E-state index contributed by atoms with van der Waals surface area (Å²) in [6.45, 7) is 3.61. The summed E-state index contributed by atoms with van der Waals surface area (Å²) in [5.74, 6) is 0.918. The van der Waals surface area contributed by atoms with Crippen molar-refractivity contribution in [3.05, 3.63) is 59.5 Å². The molecule has 3 heterocycles. The number of nitrogens with one attached hydrogen (secondary N) is 1. The van der Waals surface area contributed by atoms with Crippen molar-refractivity contribution in [1.82, 2.24) is 24.3 Å². The Morgan fingerprint density at radius 3 is 2.59 bits per heavy atom. The van der Waals surface area contributed by atoms with Gasteiger partial charge in [0.2, 0.25) is 15.9 Å². The van der Waals surface area contributed by atoms with Gasteiger partial charge in [-0.25, -0.2) is 13.4 Å². The van der Waals surface area contributed by atoms with Gasteiger partial charge >= 0.3 is 0 Å². The van der Waals surface area contributed by atoms with Crippen LogP contribution in [0.1, 0.15) is 41.7 Å². The van der Waals surface area contributed by atoms with Crippen molar-refractivity contribution in [2.45, 2.75) is 37.6 Å². The van der Waals surface area contributed by atoms with Crippen LogP contribution in [0.15, 0.2) is 46.1 Å². The zero-order valence-corrected chi connectivity index (χ0v) is 20.5. The third-order valence-electron chi connectivity index (χ3n) is 6.17. The number of sulfonamides is 1. The SMILES string of the molecule is COc1ccc([C@@H](NC(=O)[C@@H]2CCCN(S(=O)(=O)c3c(C)noc3C)C2)c2nccn2C)cc1. The fourth-order valence-electron chi connectivity index (χ4n) is 4.36. The Balaban J connectivity index is 1.56. The van der Waals surface area contributed by atoms with E-state index in [1.165, 1.54) is 4.31 Å². The van der Waals surface area contributed by atoms with E-state index < -0.39 is 22.0 Å². The minimum atomic E-state index is -3.82. The second-order valence-electron chi connectivity index (χ2n) is 8.47. The summed E-state index contributed by atoms with van der Waals surface area (Å²) >= 11 is 0. The molecule has 1 N–H and O–H groups in total. The van der Waals surface area contributed by atoms with Crippen molar-refractivity contribution in [3.8, 4) is 5.75 Å². The summed E-state index contributed by atoms with van der Waals surface area (Å²) in [5, 5.41) is 6.87. The van der Waals surface area contributed by atoms with Crippen LogP contribution in [-0.2, 0) is 21.9 Å². The topological polar surface area (TPSA) is 120 Å². The van der Waals surface area contributed by atoms with Crippen molar-refractivity contribution < 1.29 is 22.5 Å². The average Bonchev–Trinajstić information content (AvgIpc) is 3.42. The lowest BCUT2D eigenvalue weighted by Crippen LogP contribution is -2.46. The highest BCUT2D eigenvalue weighted by atomic mass is 32.2. The Bertz CT molecular complexity index is 1250. The van der Waals surface area contributed by atoms with Gasteiger partial charge in [0.05, 0.1) is 13.0 Å². The van der Waals surface area contributed by atoms with Gasteiger partial charge in [0.1, 0.15) is 28.2 Å². The van der Waals surface area contributed by atoms with E-state index in [1.54, 1.807) is 27.2 Å². The summed E-state index contributed by atoms with van der Waals surface area (Å²) in [6.07, 6.45) is 4.67. The molecular formula is C23H29N5O5S. The number of carbonyl (C=O) groups excluding carboxylic acids is 1. The molecule has 3 aromatic rings. The molecule has 0 radical (unpaired) electrons. The molecule has 1 aromatic carbocycles. The van der Waals surface area contributed by atoms with Gasteiger partial charge in [-0.15, -0.1) is 0 Å². The van der Waals surface area contributed by atoms with Gasteiger partial charge in [-0.3, -0.25) is 4.79 Å². The van der Waals surface area contributed by atoms with E-state index in [-0.39, 0.29) is 23.1 Å². The number of hydrogen-bond donors (Lipinski definition) is 1. The number of nitrogens with zero attached hydrogens (tertiary/aromatic N) is 4. The van der Waals surface area contributed by atoms with Crippen LogP contribution in [0.25, 0.3) is 0 Å². The molecule has 1 saturated heterocycles.